The molecule has 0 unspecified atom stereocenters. The molecule has 7 aromatic carbocycles. The zero-order valence-corrected chi connectivity index (χ0v) is 26.7. The molecule has 230 valence electrons. The smallest absolute Gasteiger partial charge is 0.101 e. The van der Waals surface area contributed by atoms with Crippen molar-refractivity contribution in [3.63, 3.8) is 0 Å². The molecule has 0 atom stereocenters. The summed E-state index contributed by atoms with van der Waals surface area (Å²) >= 11 is 0. The van der Waals surface area contributed by atoms with Crippen molar-refractivity contribution < 1.29 is 0 Å². The zero-order valence-electron chi connectivity index (χ0n) is 26.7. The van der Waals surface area contributed by atoms with Gasteiger partial charge in [0.1, 0.15) is 6.07 Å². The lowest BCUT2D eigenvalue weighted by atomic mass is 9.97. The van der Waals surface area contributed by atoms with Gasteiger partial charge in [-0.05, 0) is 77.4 Å². The Morgan fingerprint density at radius 1 is 0.400 bits per heavy atom. The van der Waals surface area contributed by atoms with E-state index in [9.17, 15) is 15.8 Å². The van der Waals surface area contributed by atoms with E-state index < -0.39 is 0 Å². The second kappa shape index (κ2) is 11.4. The molecular weight excluding hydrogens is 611 g/mol. The van der Waals surface area contributed by atoms with Crippen molar-refractivity contribution in [2.24, 2.45) is 0 Å². The number of aromatic nitrogens is 2. The Balaban J connectivity index is 1.13. The van der Waals surface area contributed by atoms with Crippen molar-refractivity contribution in [1.82, 2.24) is 9.13 Å². The molecule has 0 aliphatic heterocycles. The van der Waals surface area contributed by atoms with E-state index in [0.29, 0.717) is 16.7 Å². The normalized spacial score (nSPS) is 11.1. The first kappa shape index (κ1) is 28.8. The van der Waals surface area contributed by atoms with Crippen LogP contribution in [0.2, 0.25) is 0 Å². The zero-order chi connectivity index (χ0) is 33.8. The summed E-state index contributed by atoms with van der Waals surface area (Å²) in [4.78, 5) is 0. The van der Waals surface area contributed by atoms with E-state index in [1.807, 2.05) is 60.7 Å². The maximum Gasteiger partial charge on any atom is 0.101 e. The molecule has 2 heterocycles. The molecule has 0 N–H and O–H groups in total. The summed E-state index contributed by atoms with van der Waals surface area (Å²) in [5, 5.41) is 33.8. The molecule has 2 aromatic heterocycles. The quantitative estimate of drug-likeness (QED) is 0.193. The second-order valence-corrected chi connectivity index (χ2v) is 12.3. The number of nitriles is 3. The van der Waals surface area contributed by atoms with Crippen molar-refractivity contribution >= 4 is 43.6 Å². The van der Waals surface area contributed by atoms with Crippen LogP contribution in [0, 0.1) is 34.0 Å². The minimum absolute atomic E-state index is 0.560. The summed E-state index contributed by atoms with van der Waals surface area (Å²) in [5.74, 6) is 0. The number of para-hydroxylation sites is 3. The first-order chi connectivity index (χ1) is 24.7. The standard InChI is InChI=1S/C45H25N5/c46-26-29-15-24-42-39(25-29)44-33(27-47)7-6-14-43(44)49(42)35-22-20-31(21-23-35)30-16-18-32(19-17-30)36-11-5-8-34(28-48)45(36)50-40-12-3-1-9-37(40)38-10-2-4-13-41(38)50/h1-25H. The molecule has 0 amide bonds. The summed E-state index contributed by atoms with van der Waals surface area (Å²) < 4.78 is 4.37. The third-order valence-electron chi connectivity index (χ3n) is 9.65. The molecule has 0 aliphatic carbocycles. The molecular formula is C45H25N5. The number of hydrogen-bond donors (Lipinski definition) is 0. The van der Waals surface area contributed by atoms with Gasteiger partial charge in [0, 0.05) is 32.8 Å². The third kappa shape index (κ3) is 4.31. The number of benzene rings is 7. The predicted octanol–water partition coefficient (Wildman–Crippen LogP) is 10.8. The maximum absolute atomic E-state index is 10.3. The summed E-state index contributed by atoms with van der Waals surface area (Å²) in [5.41, 5.74) is 11.7. The highest BCUT2D eigenvalue weighted by Gasteiger charge is 2.19. The van der Waals surface area contributed by atoms with Crippen LogP contribution < -0.4 is 0 Å². The molecule has 0 spiro atoms. The first-order valence-corrected chi connectivity index (χ1v) is 16.3. The van der Waals surface area contributed by atoms with Crippen molar-refractivity contribution in [2.75, 3.05) is 0 Å². The molecule has 5 nitrogen and oxygen atoms in total. The maximum atomic E-state index is 10.3. The Kier molecular flexibility index (Phi) is 6.56. The van der Waals surface area contributed by atoms with Crippen molar-refractivity contribution in [2.45, 2.75) is 0 Å². The van der Waals surface area contributed by atoms with Gasteiger partial charge < -0.3 is 9.13 Å². The lowest BCUT2D eigenvalue weighted by Gasteiger charge is -2.16. The molecule has 0 saturated heterocycles. The highest BCUT2D eigenvalue weighted by molar-refractivity contribution is 6.12. The van der Waals surface area contributed by atoms with Gasteiger partial charge in [-0.2, -0.15) is 15.8 Å². The van der Waals surface area contributed by atoms with Gasteiger partial charge >= 0.3 is 0 Å². The highest BCUT2D eigenvalue weighted by Crippen LogP contribution is 2.39. The average molecular weight is 636 g/mol. The third-order valence-corrected chi connectivity index (χ3v) is 9.65. The van der Waals surface area contributed by atoms with Gasteiger partial charge in [-0.25, -0.2) is 0 Å². The monoisotopic (exact) mass is 635 g/mol. The minimum Gasteiger partial charge on any atom is -0.309 e. The predicted molar refractivity (Wildman–Crippen MR) is 200 cm³/mol. The fraction of sp³-hybridized carbons (Fsp3) is 0. The summed E-state index contributed by atoms with van der Waals surface area (Å²) in [6.07, 6.45) is 0. The van der Waals surface area contributed by atoms with Gasteiger partial charge in [0.25, 0.3) is 0 Å². The fourth-order valence-corrected chi connectivity index (χ4v) is 7.43. The van der Waals surface area contributed by atoms with E-state index in [0.717, 1.165) is 77.2 Å². The van der Waals surface area contributed by atoms with E-state index in [-0.39, 0.29) is 0 Å². The van der Waals surface area contributed by atoms with Crippen LogP contribution >= 0.6 is 0 Å². The van der Waals surface area contributed by atoms with Gasteiger partial charge in [0.05, 0.1) is 56.6 Å². The summed E-state index contributed by atoms with van der Waals surface area (Å²) in [6, 6.07) is 57.9. The van der Waals surface area contributed by atoms with Gasteiger partial charge in [0.2, 0.25) is 0 Å². The highest BCUT2D eigenvalue weighted by atomic mass is 15.0. The Hall–Kier alpha value is -7.39. The van der Waals surface area contributed by atoms with Crippen LogP contribution in [-0.2, 0) is 0 Å². The largest absolute Gasteiger partial charge is 0.309 e. The van der Waals surface area contributed by atoms with E-state index in [1.54, 1.807) is 0 Å². The van der Waals surface area contributed by atoms with E-state index in [4.69, 9.17) is 0 Å². The summed E-state index contributed by atoms with van der Waals surface area (Å²) in [6.45, 7) is 0. The molecule has 0 bridgehead atoms. The molecule has 9 rings (SSSR count). The van der Waals surface area contributed by atoms with E-state index in [2.05, 4.69) is 118 Å². The number of fused-ring (bicyclic) bond motifs is 6. The van der Waals surface area contributed by atoms with Crippen LogP contribution in [0.25, 0.3) is 77.2 Å². The fourth-order valence-electron chi connectivity index (χ4n) is 7.43. The van der Waals surface area contributed by atoms with Gasteiger partial charge in [-0.3, -0.25) is 0 Å². The van der Waals surface area contributed by atoms with Crippen molar-refractivity contribution in [3.05, 3.63) is 168 Å². The molecule has 9 aromatic rings. The van der Waals surface area contributed by atoms with E-state index in [1.165, 1.54) is 0 Å². The Morgan fingerprint density at radius 3 is 1.62 bits per heavy atom. The van der Waals surface area contributed by atoms with E-state index >= 15 is 0 Å². The van der Waals surface area contributed by atoms with Crippen LogP contribution in [0.3, 0.4) is 0 Å². The van der Waals surface area contributed by atoms with Gasteiger partial charge in [-0.15, -0.1) is 0 Å². The SMILES string of the molecule is N#Cc1ccc2c(c1)c1c(C#N)cccc1n2-c1ccc(-c2ccc(-c3cccc(C#N)c3-n3c4ccccc4c4ccccc43)cc2)cc1. The number of nitrogens with zero attached hydrogens (tertiary/aromatic N) is 5. The second-order valence-electron chi connectivity index (χ2n) is 12.3. The molecule has 0 radical (unpaired) electrons. The lowest BCUT2D eigenvalue weighted by molar-refractivity contribution is 1.17. The average Bonchev–Trinajstić information content (AvgIpc) is 3.70. The first-order valence-electron chi connectivity index (χ1n) is 16.3. The molecule has 0 fully saturated rings. The Bertz CT molecular complexity index is 2890. The van der Waals surface area contributed by atoms with Crippen LogP contribution in [0.1, 0.15) is 16.7 Å². The molecule has 50 heavy (non-hydrogen) atoms. The minimum atomic E-state index is 0.560. The van der Waals surface area contributed by atoms with Crippen LogP contribution in [-0.4, -0.2) is 9.13 Å². The number of rotatable bonds is 4. The van der Waals surface area contributed by atoms with Crippen molar-refractivity contribution in [1.29, 1.82) is 15.8 Å². The van der Waals surface area contributed by atoms with Crippen molar-refractivity contribution in [3.8, 4) is 51.8 Å². The Labute approximate surface area is 287 Å². The number of hydrogen-bond acceptors (Lipinski definition) is 3. The van der Waals surface area contributed by atoms with Crippen LogP contribution in [0.5, 0.6) is 0 Å². The lowest BCUT2D eigenvalue weighted by Crippen LogP contribution is -2.00. The van der Waals surface area contributed by atoms with Crippen LogP contribution in [0.15, 0.2) is 152 Å². The summed E-state index contributed by atoms with van der Waals surface area (Å²) in [7, 11) is 0. The molecule has 0 saturated carbocycles. The van der Waals surface area contributed by atoms with Gasteiger partial charge in [0.15, 0.2) is 0 Å². The topological polar surface area (TPSA) is 81.2 Å². The Morgan fingerprint density at radius 2 is 0.960 bits per heavy atom. The molecule has 0 aliphatic rings. The van der Waals surface area contributed by atoms with Gasteiger partial charge in [-0.1, -0.05) is 91.0 Å². The van der Waals surface area contributed by atoms with Crippen LogP contribution in [0.4, 0.5) is 0 Å². The molecule has 5 heteroatoms.